The minimum atomic E-state index is 0.0751. The Morgan fingerprint density at radius 3 is 2.62 bits per heavy atom. The van der Waals surface area contributed by atoms with Crippen LogP contribution in [0.4, 0.5) is 5.69 Å². The van der Waals surface area contributed by atoms with Gasteiger partial charge in [-0.3, -0.25) is 4.79 Å². The number of carbonyl (C=O) groups excluding carboxylic acids is 1. The Morgan fingerprint density at radius 1 is 1.14 bits per heavy atom. The van der Waals surface area contributed by atoms with Crippen LogP contribution in [0.3, 0.4) is 0 Å². The summed E-state index contributed by atoms with van der Waals surface area (Å²) in [7, 11) is 3.23. The van der Waals surface area contributed by atoms with Crippen molar-refractivity contribution in [1.29, 1.82) is 0 Å². The van der Waals surface area contributed by atoms with Gasteiger partial charge in [-0.2, -0.15) is 0 Å². The van der Waals surface area contributed by atoms with Gasteiger partial charge in [0.1, 0.15) is 11.5 Å². The van der Waals surface area contributed by atoms with Crippen molar-refractivity contribution in [1.82, 2.24) is 5.32 Å². The van der Waals surface area contributed by atoms with Crippen molar-refractivity contribution < 1.29 is 14.3 Å². The molecule has 0 aromatic heterocycles. The topological polar surface area (TPSA) is 59.6 Å². The molecule has 5 nitrogen and oxygen atoms in total. The van der Waals surface area contributed by atoms with Gasteiger partial charge in [-0.15, -0.1) is 0 Å². The smallest absolute Gasteiger partial charge is 0.221 e. The summed E-state index contributed by atoms with van der Waals surface area (Å²) in [6.45, 7) is 3.48. The monoisotopic (exact) mass is 294 g/mol. The van der Waals surface area contributed by atoms with E-state index in [0.29, 0.717) is 18.7 Å². The van der Waals surface area contributed by atoms with Crippen molar-refractivity contribution in [3.63, 3.8) is 0 Å². The van der Waals surface area contributed by atoms with Gasteiger partial charge in [0, 0.05) is 25.6 Å². The molecule has 1 aromatic carbocycles. The summed E-state index contributed by atoms with van der Waals surface area (Å²) in [6, 6.07) is 5.56. The van der Waals surface area contributed by atoms with Gasteiger partial charge < -0.3 is 20.1 Å². The molecule has 0 aliphatic rings. The number of benzene rings is 1. The first-order valence-corrected chi connectivity index (χ1v) is 7.43. The third-order valence-electron chi connectivity index (χ3n) is 3.18. The molecule has 0 heterocycles. The van der Waals surface area contributed by atoms with E-state index in [4.69, 9.17) is 9.47 Å². The SMILES string of the molecule is CCCCCNC(=O)CCNc1ccc(OC)cc1OC. The lowest BCUT2D eigenvalue weighted by Gasteiger charge is -2.12. The zero-order valence-electron chi connectivity index (χ0n) is 13.2. The molecule has 0 saturated heterocycles. The van der Waals surface area contributed by atoms with Crippen LogP contribution in [0.5, 0.6) is 11.5 Å². The predicted molar refractivity (Wildman–Crippen MR) is 85.2 cm³/mol. The van der Waals surface area contributed by atoms with Crippen LogP contribution < -0.4 is 20.1 Å². The van der Waals surface area contributed by atoms with Crippen LogP contribution in [-0.4, -0.2) is 33.2 Å². The van der Waals surface area contributed by atoms with Gasteiger partial charge in [0.15, 0.2) is 0 Å². The first kappa shape index (κ1) is 17.1. The van der Waals surface area contributed by atoms with E-state index < -0.39 is 0 Å². The van der Waals surface area contributed by atoms with Crippen LogP contribution >= 0.6 is 0 Å². The van der Waals surface area contributed by atoms with Crippen LogP contribution in [0.25, 0.3) is 0 Å². The van der Waals surface area contributed by atoms with Crippen molar-refractivity contribution in [2.75, 3.05) is 32.6 Å². The van der Waals surface area contributed by atoms with E-state index in [9.17, 15) is 4.79 Å². The van der Waals surface area contributed by atoms with Crippen LogP contribution in [-0.2, 0) is 4.79 Å². The highest BCUT2D eigenvalue weighted by Gasteiger charge is 2.05. The normalized spacial score (nSPS) is 10.0. The summed E-state index contributed by atoms with van der Waals surface area (Å²) in [6.07, 6.45) is 3.81. The molecule has 118 valence electrons. The van der Waals surface area contributed by atoms with Gasteiger partial charge in [0.05, 0.1) is 19.9 Å². The minimum absolute atomic E-state index is 0.0751. The van der Waals surface area contributed by atoms with Crippen molar-refractivity contribution >= 4 is 11.6 Å². The molecule has 21 heavy (non-hydrogen) atoms. The van der Waals surface area contributed by atoms with E-state index in [1.54, 1.807) is 14.2 Å². The van der Waals surface area contributed by atoms with E-state index >= 15 is 0 Å². The van der Waals surface area contributed by atoms with Crippen molar-refractivity contribution in [2.24, 2.45) is 0 Å². The third-order valence-corrected chi connectivity index (χ3v) is 3.18. The van der Waals surface area contributed by atoms with Gasteiger partial charge in [0.2, 0.25) is 5.91 Å². The highest BCUT2D eigenvalue weighted by Crippen LogP contribution is 2.28. The largest absolute Gasteiger partial charge is 0.497 e. The Kier molecular flexibility index (Phi) is 8.09. The van der Waals surface area contributed by atoms with Crippen LogP contribution in [0, 0.1) is 0 Å². The molecule has 0 bridgehead atoms. The highest BCUT2D eigenvalue weighted by atomic mass is 16.5. The molecule has 1 amide bonds. The number of hydrogen-bond donors (Lipinski definition) is 2. The Hall–Kier alpha value is -1.91. The number of ether oxygens (including phenoxy) is 2. The number of hydrogen-bond acceptors (Lipinski definition) is 4. The maximum atomic E-state index is 11.6. The number of anilines is 1. The van der Waals surface area contributed by atoms with Gasteiger partial charge in [0.25, 0.3) is 0 Å². The Morgan fingerprint density at radius 2 is 1.95 bits per heavy atom. The molecule has 0 atom stereocenters. The second-order valence-corrected chi connectivity index (χ2v) is 4.80. The quantitative estimate of drug-likeness (QED) is 0.651. The van der Waals surface area contributed by atoms with E-state index in [0.717, 1.165) is 37.2 Å². The van der Waals surface area contributed by atoms with Gasteiger partial charge in [-0.05, 0) is 18.6 Å². The van der Waals surface area contributed by atoms with E-state index in [1.165, 1.54) is 0 Å². The van der Waals surface area contributed by atoms with E-state index in [2.05, 4.69) is 17.6 Å². The van der Waals surface area contributed by atoms with Gasteiger partial charge in [-0.1, -0.05) is 19.8 Å². The Labute approximate surface area is 127 Å². The second kappa shape index (κ2) is 9.91. The maximum absolute atomic E-state index is 11.6. The number of unbranched alkanes of at least 4 members (excludes halogenated alkanes) is 2. The third kappa shape index (κ3) is 6.38. The molecule has 0 aliphatic carbocycles. The van der Waals surface area contributed by atoms with Crippen molar-refractivity contribution in [3.05, 3.63) is 18.2 Å². The number of amides is 1. The van der Waals surface area contributed by atoms with Gasteiger partial charge >= 0.3 is 0 Å². The van der Waals surface area contributed by atoms with Gasteiger partial charge in [-0.25, -0.2) is 0 Å². The molecule has 0 fully saturated rings. The number of nitrogens with one attached hydrogen (secondary N) is 2. The summed E-state index contributed by atoms with van der Waals surface area (Å²) < 4.78 is 10.4. The standard InChI is InChI=1S/C16H26N2O3/c1-4-5-6-10-18-16(19)9-11-17-14-8-7-13(20-2)12-15(14)21-3/h7-8,12,17H,4-6,9-11H2,1-3H3,(H,18,19). The molecule has 0 saturated carbocycles. The first-order chi connectivity index (χ1) is 10.2. The lowest BCUT2D eigenvalue weighted by Crippen LogP contribution is -2.26. The number of rotatable bonds is 10. The fourth-order valence-electron chi connectivity index (χ4n) is 1.95. The molecular formula is C16H26N2O3. The molecule has 0 spiro atoms. The summed E-state index contributed by atoms with van der Waals surface area (Å²) in [4.78, 5) is 11.6. The van der Waals surface area contributed by atoms with Crippen LogP contribution in [0.1, 0.15) is 32.6 Å². The van der Waals surface area contributed by atoms with E-state index in [-0.39, 0.29) is 5.91 Å². The molecular weight excluding hydrogens is 268 g/mol. The predicted octanol–water partition coefficient (Wildman–Crippen LogP) is 2.81. The average molecular weight is 294 g/mol. The van der Waals surface area contributed by atoms with Crippen LogP contribution in [0.15, 0.2) is 18.2 Å². The first-order valence-electron chi connectivity index (χ1n) is 7.43. The molecule has 1 rings (SSSR count). The van der Waals surface area contributed by atoms with Crippen LogP contribution in [0.2, 0.25) is 0 Å². The Balaban J connectivity index is 2.33. The fraction of sp³-hybridized carbons (Fsp3) is 0.562. The number of carbonyl (C=O) groups is 1. The molecule has 5 heteroatoms. The zero-order valence-corrected chi connectivity index (χ0v) is 13.2. The molecule has 1 aromatic rings. The summed E-state index contributed by atoms with van der Waals surface area (Å²) in [5.41, 5.74) is 0.858. The minimum Gasteiger partial charge on any atom is -0.497 e. The molecule has 2 N–H and O–H groups in total. The number of methoxy groups -OCH3 is 2. The van der Waals surface area contributed by atoms with Crippen molar-refractivity contribution in [3.8, 4) is 11.5 Å². The van der Waals surface area contributed by atoms with Crippen molar-refractivity contribution in [2.45, 2.75) is 32.6 Å². The summed E-state index contributed by atoms with van der Waals surface area (Å²) in [5.74, 6) is 1.52. The lowest BCUT2D eigenvalue weighted by molar-refractivity contribution is -0.120. The molecule has 0 radical (unpaired) electrons. The molecule has 0 unspecified atom stereocenters. The fourth-order valence-corrected chi connectivity index (χ4v) is 1.95. The molecule has 0 aliphatic heterocycles. The van der Waals surface area contributed by atoms with E-state index in [1.807, 2.05) is 18.2 Å². The lowest BCUT2D eigenvalue weighted by atomic mass is 10.2. The summed E-state index contributed by atoms with van der Waals surface area (Å²) >= 11 is 0. The highest BCUT2D eigenvalue weighted by molar-refractivity contribution is 5.76. The summed E-state index contributed by atoms with van der Waals surface area (Å²) in [5, 5.41) is 6.13. The average Bonchev–Trinajstić information content (AvgIpc) is 2.51. The second-order valence-electron chi connectivity index (χ2n) is 4.80. The maximum Gasteiger partial charge on any atom is 0.221 e. The Bertz CT molecular complexity index is 436. The zero-order chi connectivity index (χ0) is 15.5.